The summed E-state index contributed by atoms with van der Waals surface area (Å²) in [7, 11) is -1.77. The number of alkyl halides is 6. The molecule has 0 rings (SSSR count). The monoisotopic (exact) mass is 237 g/mol. The average molecular weight is 237 g/mol. The lowest BCUT2D eigenvalue weighted by molar-refractivity contribution is -0.269. The lowest BCUT2D eigenvalue weighted by Crippen LogP contribution is -2.61. The fourth-order valence-electron chi connectivity index (χ4n) is 0.509. The largest absolute Gasteiger partial charge is 0.391 e. The fraction of sp³-hybridized carbons (Fsp3) is 0.800. The number of amides is 1. The van der Waals surface area contributed by atoms with E-state index in [2.05, 4.69) is 5.73 Å². The Labute approximate surface area is 77.3 Å². The van der Waals surface area contributed by atoms with Crippen molar-refractivity contribution < 1.29 is 31.1 Å². The Bertz CT molecular complexity index is 242. The smallest absolute Gasteiger partial charge is 0.364 e. The molecule has 1 amide bonds. The topological polar surface area (TPSA) is 43.1 Å². The summed E-state index contributed by atoms with van der Waals surface area (Å²) < 4.78 is 74.2. The summed E-state index contributed by atoms with van der Waals surface area (Å²) in [6.45, 7) is 0.616. The highest BCUT2D eigenvalue weighted by Crippen LogP contribution is 2.44. The van der Waals surface area contributed by atoms with E-state index >= 15 is 0 Å². The molecule has 0 aliphatic heterocycles. The van der Waals surface area contributed by atoms with Gasteiger partial charge in [0.25, 0.3) is 11.5 Å². The van der Waals surface area contributed by atoms with Gasteiger partial charge in [-0.05, 0) is 0 Å². The van der Waals surface area contributed by atoms with Crippen LogP contribution in [0.15, 0.2) is 0 Å². The molecule has 0 aliphatic rings. The molecule has 2 radical (unpaired) electrons. The maximum atomic E-state index is 12.4. The minimum atomic E-state index is -5.76. The maximum absolute atomic E-state index is 12.4. The van der Waals surface area contributed by atoms with Crippen LogP contribution in [0.4, 0.5) is 26.3 Å². The first-order valence-electron chi connectivity index (χ1n) is 3.13. The van der Waals surface area contributed by atoms with Crippen LogP contribution in [-0.2, 0) is 4.79 Å². The number of carbonyl (C=O) groups is 1. The molecule has 0 fully saturated rings. The van der Waals surface area contributed by atoms with Crippen molar-refractivity contribution >= 4 is 15.4 Å². The quantitative estimate of drug-likeness (QED) is 0.577. The molecule has 0 bridgehead atoms. The van der Waals surface area contributed by atoms with E-state index in [9.17, 15) is 31.1 Å². The molecule has 0 aliphatic carbocycles. The summed E-state index contributed by atoms with van der Waals surface area (Å²) >= 11 is 0. The van der Waals surface area contributed by atoms with E-state index in [4.69, 9.17) is 0 Å². The van der Waals surface area contributed by atoms with Crippen LogP contribution in [0, 0.1) is 0 Å². The van der Waals surface area contributed by atoms with Crippen LogP contribution in [0.2, 0.25) is 6.55 Å². The van der Waals surface area contributed by atoms with E-state index in [1.54, 1.807) is 0 Å². The van der Waals surface area contributed by atoms with Gasteiger partial charge in [-0.2, -0.15) is 17.6 Å². The third kappa shape index (κ3) is 1.72. The first-order valence-corrected chi connectivity index (χ1v) is 4.63. The SMILES string of the molecule is C[Si]C(F)(F)C(F)(F)C(F)(F)C(N)=O. The molecule has 82 valence electrons. The zero-order chi connectivity index (χ0) is 11.8. The van der Waals surface area contributed by atoms with Crippen LogP contribution in [-0.4, -0.2) is 32.8 Å². The predicted octanol–water partition coefficient (Wildman–Crippen LogP) is 1.09. The minimum absolute atomic E-state index is 0.616. The maximum Gasteiger partial charge on any atom is 0.391 e. The lowest BCUT2D eigenvalue weighted by Gasteiger charge is -2.30. The number of rotatable bonds is 4. The molecular weight excluding hydrogens is 232 g/mol. The normalized spacial score (nSPS) is 14.2. The molecule has 0 unspecified atom stereocenters. The van der Waals surface area contributed by atoms with Crippen LogP contribution in [0.25, 0.3) is 0 Å². The summed E-state index contributed by atoms with van der Waals surface area (Å²) in [6.07, 6.45) is 0. The number of primary amides is 1. The molecule has 0 saturated carbocycles. The van der Waals surface area contributed by atoms with Gasteiger partial charge in [-0.25, -0.2) is 8.78 Å². The average Bonchev–Trinajstić information content (AvgIpc) is 2.03. The Morgan fingerprint density at radius 3 is 1.71 bits per heavy atom. The third-order valence-electron chi connectivity index (χ3n) is 1.41. The van der Waals surface area contributed by atoms with Gasteiger partial charge in [0.05, 0.1) is 0 Å². The second-order valence-electron chi connectivity index (χ2n) is 2.34. The molecule has 0 aromatic carbocycles. The number of nitrogens with two attached hydrogens (primary N) is 1. The van der Waals surface area contributed by atoms with Crippen molar-refractivity contribution in [2.45, 2.75) is 23.9 Å². The standard InChI is InChI=1S/C5H5F6NOSi/c1-14-5(10,11)4(8,9)3(6,7)2(12)13/h1H3,(H2,12,13). The van der Waals surface area contributed by atoms with Crippen LogP contribution >= 0.6 is 0 Å². The zero-order valence-electron chi connectivity index (χ0n) is 6.75. The van der Waals surface area contributed by atoms with Gasteiger partial charge >= 0.3 is 11.8 Å². The molecule has 0 atom stereocenters. The second-order valence-corrected chi connectivity index (χ2v) is 3.47. The highest BCUT2D eigenvalue weighted by molar-refractivity contribution is 6.37. The van der Waals surface area contributed by atoms with E-state index in [-0.39, 0.29) is 0 Å². The highest BCUT2D eigenvalue weighted by Gasteiger charge is 2.73. The highest BCUT2D eigenvalue weighted by atomic mass is 28.2. The van der Waals surface area contributed by atoms with Gasteiger partial charge in [0.2, 0.25) is 0 Å². The molecular formula is C5H5F6NOSi. The van der Waals surface area contributed by atoms with Gasteiger partial charge in [-0.1, -0.05) is 6.55 Å². The zero-order valence-corrected chi connectivity index (χ0v) is 7.75. The van der Waals surface area contributed by atoms with Crippen LogP contribution in [0.5, 0.6) is 0 Å². The van der Waals surface area contributed by atoms with Crippen molar-refractivity contribution in [2.24, 2.45) is 5.73 Å². The fourth-order valence-corrected chi connectivity index (χ4v) is 0.980. The van der Waals surface area contributed by atoms with Gasteiger partial charge in [0.15, 0.2) is 0 Å². The van der Waals surface area contributed by atoms with E-state index in [1.807, 2.05) is 0 Å². The summed E-state index contributed by atoms with van der Waals surface area (Å²) in [5.41, 5.74) is -1.04. The summed E-state index contributed by atoms with van der Waals surface area (Å²) in [5, 5.41) is 0. The predicted molar refractivity (Wildman–Crippen MR) is 35.7 cm³/mol. The number of carbonyl (C=O) groups excluding carboxylic acids is 1. The molecule has 2 nitrogen and oxygen atoms in total. The van der Waals surface area contributed by atoms with Crippen molar-refractivity contribution in [1.82, 2.24) is 0 Å². The second kappa shape index (κ2) is 3.44. The van der Waals surface area contributed by atoms with Gasteiger partial charge < -0.3 is 5.73 Å². The number of hydrogen-bond donors (Lipinski definition) is 1. The number of halogens is 6. The summed E-state index contributed by atoms with van der Waals surface area (Å²) in [5.74, 6) is -14.1. The Kier molecular flexibility index (Phi) is 3.26. The van der Waals surface area contributed by atoms with Gasteiger partial charge in [0.1, 0.15) is 9.52 Å². The molecule has 9 heteroatoms. The van der Waals surface area contributed by atoms with Crippen LogP contribution < -0.4 is 5.73 Å². The Morgan fingerprint density at radius 2 is 1.50 bits per heavy atom. The summed E-state index contributed by atoms with van der Waals surface area (Å²) in [6, 6.07) is 0. The van der Waals surface area contributed by atoms with Gasteiger partial charge in [0, 0.05) is 0 Å². The van der Waals surface area contributed by atoms with E-state index in [0.29, 0.717) is 6.55 Å². The molecule has 14 heavy (non-hydrogen) atoms. The molecule has 0 aromatic heterocycles. The molecule has 0 heterocycles. The van der Waals surface area contributed by atoms with Gasteiger partial charge in [-0.3, -0.25) is 4.79 Å². The number of hydrogen-bond acceptors (Lipinski definition) is 1. The van der Waals surface area contributed by atoms with E-state index in [0.717, 1.165) is 0 Å². The Balaban J connectivity index is 5.24. The van der Waals surface area contributed by atoms with Crippen molar-refractivity contribution in [3.8, 4) is 0 Å². The van der Waals surface area contributed by atoms with Crippen LogP contribution in [0.1, 0.15) is 0 Å². The lowest BCUT2D eigenvalue weighted by atomic mass is 10.1. The summed E-state index contributed by atoms with van der Waals surface area (Å²) in [4.78, 5) is 9.89. The molecule has 0 aromatic rings. The first kappa shape index (κ1) is 13.3. The minimum Gasteiger partial charge on any atom is -0.364 e. The first-order chi connectivity index (χ1) is 6.00. The molecule has 2 N–H and O–H groups in total. The Hall–Kier alpha value is -0.733. The van der Waals surface area contributed by atoms with Crippen molar-refractivity contribution in [3.63, 3.8) is 0 Å². The van der Waals surface area contributed by atoms with E-state index < -0.39 is 32.8 Å². The molecule has 0 spiro atoms. The van der Waals surface area contributed by atoms with Crippen LogP contribution in [0.3, 0.4) is 0 Å². The van der Waals surface area contributed by atoms with E-state index in [1.165, 1.54) is 0 Å². The molecule has 0 saturated heterocycles. The Morgan fingerprint density at radius 1 is 1.14 bits per heavy atom. The van der Waals surface area contributed by atoms with Gasteiger partial charge in [-0.15, -0.1) is 0 Å². The van der Waals surface area contributed by atoms with Crippen molar-refractivity contribution in [3.05, 3.63) is 0 Å². The van der Waals surface area contributed by atoms with Crippen molar-refractivity contribution in [2.75, 3.05) is 0 Å². The van der Waals surface area contributed by atoms with Crippen molar-refractivity contribution in [1.29, 1.82) is 0 Å². The third-order valence-corrected chi connectivity index (χ3v) is 2.35.